The number of thiazole rings is 1. The summed E-state index contributed by atoms with van der Waals surface area (Å²) >= 11 is 8.61. The van der Waals surface area contributed by atoms with Crippen LogP contribution in [0.15, 0.2) is 12.1 Å². The van der Waals surface area contributed by atoms with Gasteiger partial charge >= 0.3 is 11.9 Å². The van der Waals surface area contributed by atoms with Crippen molar-refractivity contribution in [1.82, 2.24) is 14.9 Å². The molecule has 2 aromatic rings. The number of halogens is 1. The van der Waals surface area contributed by atoms with Crippen molar-refractivity contribution in [1.29, 1.82) is 0 Å². The first-order valence-electron chi connectivity index (χ1n) is 11.7. The lowest BCUT2D eigenvalue weighted by Gasteiger charge is -2.38. The topological polar surface area (TPSA) is 108 Å². The molecule has 4 rings (SSSR count). The molecule has 3 heterocycles. The number of rotatable bonds is 10. The van der Waals surface area contributed by atoms with Crippen molar-refractivity contribution < 1.29 is 33.4 Å². The van der Waals surface area contributed by atoms with Crippen LogP contribution in [0.3, 0.4) is 0 Å². The number of fused-ring (bicyclic) bond motifs is 1. The maximum atomic E-state index is 13.3. The van der Waals surface area contributed by atoms with Crippen LogP contribution < -0.4 is 4.74 Å². The van der Waals surface area contributed by atoms with Gasteiger partial charge in [0.1, 0.15) is 17.0 Å². The van der Waals surface area contributed by atoms with E-state index in [0.717, 1.165) is 34.8 Å². The molecule has 1 amide bonds. The Bertz CT molecular complexity index is 1090. The smallest absolute Gasteiger partial charge is 0.363 e. The summed E-state index contributed by atoms with van der Waals surface area (Å²) in [7, 11) is 1.49. The Morgan fingerprint density at radius 1 is 1.25 bits per heavy atom. The van der Waals surface area contributed by atoms with Gasteiger partial charge in [0, 0.05) is 18.5 Å². The Hall–Kier alpha value is -2.25. The highest BCUT2D eigenvalue weighted by Crippen LogP contribution is 2.36. The van der Waals surface area contributed by atoms with E-state index in [1.54, 1.807) is 24.0 Å². The third-order valence-electron chi connectivity index (χ3n) is 5.85. The van der Waals surface area contributed by atoms with Crippen molar-refractivity contribution in [2.75, 3.05) is 40.0 Å². The van der Waals surface area contributed by atoms with Gasteiger partial charge in [0.25, 0.3) is 0 Å². The van der Waals surface area contributed by atoms with E-state index in [2.05, 4.69) is 0 Å². The number of hydroxylamine groups is 2. The molecule has 0 radical (unpaired) electrons. The third kappa shape index (κ3) is 6.35. The lowest BCUT2D eigenvalue weighted by Crippen LogP contribution is -2.58. The number of carbonyl (C=O) groups is 3. The second-order valence-electron chi connectivity index (χ2n) is 8.30. The SMILES string of the molecule is CCOC(=O)C1CCCc2sc(CN3CCN(OC(=O)COc4ccc(Cl)s4)C(COC)C3=O)nc21. The fourth-order valence-electron chi connectivity index (χ4n) is 4.23. The second kappa shape index (κ2) is 12.3. The molecule has 2 aliphatic rings. The Morgan fingerprint density at radius 2 is 2.08 bits per heavy atom. The molecule has 0 aromatic carbocycles. The highest BCUT2D eigenvalue weighted by Gasteiger charge is 2.38. The van der Waals surface area contributed by atoms with E-state index in [1.165, 1.54) is 34.8 Å². The van der Waals surface area contributed by atoms with Crippen LogP contribution in [0, 0.1) is 0 Å². The number of hydrogen-bond donors (Lipinski definition) is 0. The molecule has 196 valence electrons. The molecule has 2 unspecified atom stereocenters. The zero-order chi connectivity index (χ0) is 25.7. The zero-order valence-electron chi connectivity index (χ0n) is 20.1. The fourth-order valence-corrected chi connectivity index (χ4v) is 6.29. The van der Waals surface area contributed by atoms with Gasteiger partial charge in [-0.15, -0.1) is 16.4 Å². The number of piperazine rings is 1. The lowest BCUT2D eigenvalue weighted by atomic mass is 9.91. The summed E-state index contributed by atoms with van der Waals surface area (Å²) in [6.45, 7) is 2.85. The average molecular weight is 558 g/mol. The first-order chi connectivity index (χ1) is 17.4. The Balaban J connectivity index is 1.37. The Labute approximate surface area is 222 Å². The van der Waals surface area contributed by atoms with Gasteiger partial charge in [-0.1, -0.05) is 22.9 Å². The molecule has 2 aromatic heterocycles. The molecule has 1 fully saturated rings. The van der Waals surface area contributed by atoms with Crippen molar-refractivity contribution in [3.63, 3.8) is 0 Å². The summed E-state index contributed by atoms with van der Waals surface area (Å²) in [6.07, 6.45) is 2.49. The summed E-state index contributed by atoms with van der Waals surface area (Å²) in [4.78, 5) is 50.9. The predicted octanol–water partition coefficient (Wildman–Crippen LogP) is 3.04. The Kier molecular flexibility index (Phi) is 9.18. The summed E-state index contributed by atoms with van der Waals surface area (Å²) < 4.78 is 16.4. The molecule has 1 saturated heterocycles. The number of hydrogen-bond acceptors (Lipinski definition) is 11. The molecule has 1 aliphatic heterocycles. The molecule has 36 heavy (non-hydrogen) atoms. The largest absolute Gasteiger partial charge is 0.472 e. The van der Waals surface area contributed by atoms with E-state index < -0.39 is 12.0 Å². The number of aromatic nitrogens is 1. The van der Waals surface area contributed by atoms with E-state index in [0.29, 0.717) is 35.6 Å². The minimum atomic E-state index is -0.786. The summed E-state index contributed by atoms with van der Waals surface area (Å²) in [5, 5.41) is 2.62. The molecule has 2 atom stereocenters. The van der Waals surface area contributed by atoms with Crippen molar-refractivity contribution in [3.05, 3.63) is 32.0 Å². The van der Waals surface area contributed by atoms with Crippen LogP contribution in [0.2, 0.25) is 4.34 Å². The average Bonchev–Trinajstić information content (AvgIpc) is 3.47. The van der Waals surface area contributed by atoms with Crippen LogP contribution in [0.25, 0.3) is 0 Å². The zero-order valence-corrected chi connectivity index (χ0v) is 22.5. The van der Waals surface area contributed by atoms with Gasteiger partial charge in [-0.05, 0) is 38.3 Å². The van der Waals surface area contributed by atoms with E-state index >= 15 is 0 Å². The molecule has 0 spiro atoms. The predicted molar refractivity (Wildman–Crippen MR) is 133 cm³/mol. The molecule has 0 saturated carbocycles. The van der Waals surface area contributed by atoms with Gasteiger partial charge < -0.3 is 23.9 Å². The number of methoxy groups -OCH3 is 1. The van der Waals surface area contributed by atoms with Crippen LogP contribution in [-0.4, -0.2) is 78.9 Å². The van der Waals surface area contributed by atoms with Crippen molar-refractivity contribution in [3.8, 4) is 5.06 Å². The van der Waals surface area contributed by atoms with E-state index in [-0.39, 0.29) is 31.0 Å². The maximum absolute atomic E-state index is 13.3. The van der Waals surface area contributed by atoms with E-state index in [1.807, 2.05) is 0 Å². The van der Waals surface area contributed by atoms with Gasteiger partial charge in [0.2, 0.25) is 5.91 Å². The number of esters is 1. The summed E-state index contributed by atoms with van der Waals surface area (Å²) in [5.41, 5.74) is 0.778. The molecular formula is C23H28ClN3O7S2. The van der Waals surface area contributed by atoms with Gasteiger partial charge in [-0.2, -0.15) is 0 Å². The molecule has 0 N–H and O–H groups in total. The van der Waals surface area contributed by atoms with Crippen LogP contribution in [0.4, 0.5) is 0 Å². The number of aryl methyl sites for hydroxylation is 1. The van der Waals surface area contributed by atoms with Gasteiger partial charge in [0.15, 0.2) is 11.7 Å². The highest BCUT2D eigenvalue weighted by atomic mass is 35.5. The number of ether oxygens (including phenoxy) is 3. The minimum absolute atomic E-state index is 0.0588. The van der Waals surface area contributed by atoms with Crippen molar-refractivity contribution >= 4 is 52.1 Å². The maximum Gasteiger partial charge on any atom is 0.363 e. The summed E-state index contributed by atoms with van der Waals surface area (Å²) in [5.74, 6) is -1.44. The third-order valence-corrected chi connectivity index (χ3v) is 8.11. The quantitative estimate of drug-likeness (QED) is 0.407. The van der Waals surface area contributed by atoms with E-state index in [9.17, 15) is 14.4 Å². The Morgan fingerprint density at radius 3 is 2.81 bits per heavy atom. The van der Waals surface area contributed by atoms with E-state index in [4.69, 9.17) is 35.6 Å². The molecular weight excluding hydrogens is 530 g/mol. The monoisotopic (exact) mass is 557 g/mol. The number of nitrogens with zero attached hydrogens (tertiary/aromatic N) is 3. The highest BCUT2D eigenvalue weighted by molar-refractivity contribution is 7.17. The molecule has 0 bridgehead atoms. The first kappa shape index (κ1) is 26.8. The summed E-state index contributed by atoms with van der Waals surface area (Å²) in [6, 6.07) is 2.56. The van der Waals surface area contributed by atoms with Crippen LogP contribution in [-0.2, 0) is 41.7 Å². The number of carbonyl (C=O) groups excluding carboxylic acids is 3. The van der Waals surface area contributed by atoms with Crippen molar-refractivity contribution in [2.45, 2.75) is 44.7 Å². The van der Waals surface area contributed by atoms with Crippen LogP contribution in [0.5, 0.6) is 5.06 Å². The van der Waals surface area contributed by atoms with Gasteiger partial charge in [-0.25, -0.2) is 9.78 Å². The molecule has 1 aliphatic carbocycles. The molecule has 13 heteroatoms. The second-order valence-corrected chi connectivity index (χ2v) is 11.1. The molecule has 10 nitrogen and oxygen atoms in total. The lowest BCUT2D eigenvalue weighted by molar-refractivity contribution is -0.219. The fraction of sp³-hybridized carbons (Fsp3) is 0.565. The first-order valence-corrected chi connectivity index (χ1v) is 13.7. The van der Waals surface area contributed by atoms with Crippen LogP contribution in [0.1, 0.15) is 41.3 Å². The standard InChI is InChI=1S/C23H28ClN3O7S2/c1-3-32-23(30)14-5-4-6-16-21(14)25-18(35-16)11-26-9-10-27(15(12-31-2)22(26)29)34-19(28)13-33-20-8-7-17(24)36-20/h7-8,14-15H,3-6,9-13H2,1-2H3. The normalized spacial score (nSPS) is 20.2. The number of amides is 1. The van der Waals surface area contributed by atoms with Crippen LogP contribution >= 0.6 is 34.3 Å². The van der Waals surface area contributed by atoms with Gasteiger partial charge in [0.05, 0.1) is 36.3 Å². The van der Waals surface area contributed by atoms with Crippen molar-refractivity contribution in [2.24, 2.45) is 0 Å². The van der Waals surface area contributed by atoms with Gasteiger partial charge in [-0.3, -0.25) is 9.59 Å². The minimum Gasteiger partial charge on any atom is -0.472 e. The number of thiophene rings is 1.